The summed E-state index contributed by atoms with van der Waals surface area (Å²) in [6.45, 7) is 0. The number of methoxy groups -OCH3 is 1. The van der Waals surface area contributed by atoms with Crippen LogP contribution in [-0.4, -0.2) is 17.1 Å². The van der Waals surface area contributed by atoms with Crippen LogP contribution in [0, 0.1) is 0 Å². The zero-order chi connectivity index (χ0) is 8.27. The minimum Gasteiger partial charge on any atom is -0.465 e. The van der Waals surface area contributed by atoms with Crippen molar-refractivity contribution in [1.29, 1.82) is 0 Å². The van der Waals surface area contributed by atoms with Gasteiger partial charge in [0, 0.05) is 5.70 Å². The molecule has 0 bridgehead atoms. The SMILES string of the molecule is COC(=O)C1=C(N)C=CI=C1. The lowest BCUT2D eigenvalue weighted by atomic mass is 10.2. The molecule has 1 aliphatic rings. The van der Waals surface area contributed by atoms with Crippen LogP contribution in [0.3, 0.4) is 0 Å². The fourth-order valence-electron chi connectivity index (χ4n) is 0.629. The molecule has 60 valence electrons. The van der Waals surface area contributed by atoms with E-state index < -0.39 is 0 Å². The molecule has 0 unspecified atom stereocenters. The van der Waals surface area contributed by atoms with Crippen molar-refractivity contribution in [3.05, 3.63) is 21.4 Å². The molecule has 0 spiro atoms. The summed E-state index contributed by atoms with van der Waals surface area (Å²) in [6, 6.07) is 0. The highest BCUT2D eigenvalue weighted by Crippen LogP contribution is 2.13. The van der Waals surface area contributed by atoms with Crippen LogP contribution >= 0.6 is 20.7 Å². The van der Waals surface area contributed by atoms with E-state index in [4.69, 9.17) is 5.73 Å². The summed E-state index contributed by atoms with van der Waals surface area (Å²) in [5, 5.41) is 0. The number of esters is 1. The summed E-state index contributed by atoms with van der Waals surface area (Å²) < 4.78 is 8.40. The molecule has 1 heterocycles. The van der Waals surface area contributed by atoms with Gasteiger partial charge in [-0.1, -0.05) is 20.7 Å². The average Bonchev–Trinajstić information content (AvgIpc) is 2.04. The molecule has 0 atom stereocenters. The monoisotopic (exact) mass is 265 g/mol. The van der Waals surface area contributed by atoms with Crippen molar-refractivity contribution in [2.75, 3.05) is 7.11 Å². The highest BCUT2D eigenvalue weighted by molar-refractivity contribution is 14.2. The minimum atomic E-state index is -0.341. The Morgan fingerprint density at radius 2 is 2.45 bits per heavy atom. The minimum absolute atomic E-state index is 0.137. The number of hydrogen-bond donors (Lipinski definition) is 1. The van der Waals surface area contributed by atoms with Crippen molar-refractivity contribution in [2.24, 2.45) is 5.73 Å². The average molecular weight is 265 g/mol. The van der Waals surface area contributed by atoms with E-state index in [0.717, 1.165) is 0 Å². The molecule has 0 amide bonds. The van der Waals surface area contributed by atoms with Crippen molar-refractivity contribution in [1.82, 2.24) is 0 Å². The van der Waals surface area contributed by atoms with Gasteiger partial charge in [-0.3, -0.25) is 0 Å². The molecule has 0 radical (unpaired) electrons. The van der Waals surface area contributed by atoms with E-state index >= 15 is 0 Å². The van der Waals surface area contributed by atoms with Gasteiger partial charge in [-0.15, -0.1) is 0 Å². The molecule has 0 saturated carbocycles. The third-order valence-corrected chi connectivity index (χ3v) is 2.96. The molecule has 1 aliphatic heterocycles. The maximum Gasteiger partial charge on any atom is 0.340 e. The predicted molar refractivity (Wildman–Crippen MR) is 52.5 cm³/mol. The van der Waals surface area contributed by atoms with Gasteiger partial charge < -0.3 is 10.5 Å². The van der Waals surface area contributed by atoms with Crippen LogP contribution < -0.4 is 5.73 Å². The van der Waals surface area contributed by atoms with Gasteiger partial charge in [-0.05, 0) is 14.2 Å². The van der Waals surface area contributed by atoms with Crippen LogP contribution in [0.15, 0.2) is 21.4 Å². The molecule has 0 aromatic heterocycles. The number of halogens is 1. The van der Waals surface area contributed by atoms with E-state index in [1.165, 1.54) is 7.11 Å². The second-order valence-corrected chi connectivity index (χ2v) is 3.95. The third kappa shape index (κ3) is 1.89. The molecule has 2 N–H and O–H groups in total. The molecule has 0 aromatic rings. The second-order valence-electron chi connectivity index (χ2n) is 1.89. The van der Waals surface area contributed by atoms with E-state index in [1.807, 2.05) is 8.09 Å². The molecule has 0 aromatic carbocycles. The quantitative estimate of drug-likeness (QED) is 0.560. The number of ether oxygens (including phenoxy) is 1. The van der Waals surface area contributed by atoms with Gasteiger partial charge in [-0.2, -0.15) is 0 Å². The maximum absolute atomic E-state index is 11.0. The number of rotatable bonds is 1. The Kier molecular flexibility index (Phi) is 2.81. The number of carbonyl (C=O) groups excluding carboxylic acids is 1. The molecule has 0 fully saturated rings. The van der Waals surface area contributed by atoms with Crippen molar-refractivity contribution in [3.63, 3.8) is 0 Å². The van der Waals surface area contributed by atoms with E-state index in [2.05, 4.69) is 4.74 Å². The second kappa shape index (κ2) is 3.66. The van der Waals surface area contributed by atoms with Gasteiger partial charge in [-0.25, -0.2) is 4.79 Å². The molecule has 0 saturated heterocycles. The van der Waals surface area contributed by atoms with Gasteiger partial charge in [0.1, 0.15) is 0 Å². The Bertz CT molecular complexity index is 266. The Morgan fingerprint density at radius 1 is 1.73 bits per heavy atom. The van der Waals surface area contributed by atoms with E-state index in [1.54, 1.807) is 6.08 Å². The van der Waals surface area contributed by atoms with Crippen LogP contribution in [0.1, 0.15) is 0 Å². The zero-order valence-corrected chi connectivity index (χ0v) is 8.16. The normalized spacial score (nSPS) is 16.1. The van der Waals surface area contributed by atoms with E-state index in [0.29, 0.717) is 11.3 Å². The first-order valence-corrected chi connectivity index (χ1v) is 5.44. The lowest BCUT2D eigenvalue weighted by molar-refractivity contribution is -0.135. The molecule has 1 rings (SSSR count). The van der Waals surface area contributed by atoms with Crippen LogP contribution in [0.2, 0.25) is 0 Å². The van der Waals surface area contributed by atoms with Crippen molar-refractivity contribution < 1.29 is 9.53 Å². The summed E-state index contributed by atoms with van der Waals surface area (Å²) >= 11 is -0.137. The molecule has 3 nitrogen and oxygen atoms in total. The summed E-state index contributed by atoms with van der Waals surface area (Å²) in [4.78, 5) is 11.0. The number of allylic oxidation sites excluding steroid dienone is 1. The predicted octanol–water partition coefficient (Wildman–Crippen LogP) is 0.672. The maximum atomic E-state index is 11.0. The lowest BCUT2D eigenvalue weighted by Crippen LogP contribution is -2.12. The first kappa shape index (κ1) is 8.45. The Balaban J connectivity index is 2.95. The van der Waals surface area contributed by atoms with Gasteiger partial charge in [0.25, 0.3) is 0 Å². The number of carbonyl (C=O) groups is 1. The van der Waals surface area contributed by atoms with Crippen LogP contribution in [0.5, 0.6) is 0 Å². The Labute approximate surface area is 74.7 Å². The van der Waals surface area contributed by atoms with Gasteiger partial charge in [0.15, 0.2) is 0 Å². The van der Waals surface area contributed by atoms with E-state index in [9.17, 15) is 4.79 Å². The van der Waals surface area contributed by atoms with Crippen molar-refractivity contribution in [3.8, 4) is 0 Å². The van der Waals surface area contributed by atoms with Crippen molar-refractivity contribution in [2.45, 2.75) is 0 Å². The molecule has 4 heteroatoms. The Hall–Kier alpha value is -0.650. The third-order valence-electron chi connectivity index (χ3n) is 1.20. The first-order chi connectivity index (χ1) is 5.25. The van der Waals surface area contributed by atoms with E-state index in [-0.39, 0.29) is 26.7 Å². The largest absolute Gasteiger partial charge is 0.465 e. The number of hydrogen-bond acceptors (Lipinski definition) is 3. The first-order valence-electron chi connectivity index (χ1n) is 2.95. The summed E-state index contributed by atoms with van der Waals surface area (Å²) in [6.07, 6.45) is 1.76. The van der Waals surface area contributed by atoms with Gasteiger partial charge >= 0.3 is 5.97 Å². The summed E-state index contributed by atoms with van der Waals surface area (Å²) in [7, 11) is 1.35. The fraction of sp³-hybridized carbons (Fsp3) is 0.143. The Morgan fingerprint density at radius 3 is 3.00 bits per heavy atom. The highest BCUT2D eigenvalue weighted by atomic mass is 127. The molecule has 11 heavy (non-hydrogen) atoms. The van der Waals surface area contributed by atoms with Gasteiger partial charge in [0.05, 0.1) is 12.7 Å². The molecular formula is C7H8INO2. The van der Waals surface area contributed by atoms with Crippen LogP contribution in [-0.2, 0) is 9.53 Å². The van der Waals surface area contributed by atoms with Gasteiger partial charge in [0.2, 0.25) is 0 Å². The summed E-state index contributed by atoms with van der Waals surface area (Å²) in [5.41, 5.74) is 6.55. The lowest BCUT2D eigenvalue weighted by Gasteiger charge is -2.04. The fourth-order valence-corrected chi connectivity index (χ4v) is 2.40. The van der Waals surface area contributed by atoms with Crippen LogP contribution in [0.4, 0.5) is 0 Å². The molecule has 0 aliphatic carbocycles. The van der Waals surface area contributed by atoms with Crippen LogP contribution in [0.25, 0.3) is 0 Å². The summed E-state index contributed by atoms with van der Waals surface area (Å²) in [5.74, 6) is -0.341. The number of nitrogens with two attached hydrogens (primary N) is 1. The van der Waals surface area contributed by atoms with Crippen molar-refractivity contribution >= 4 is 30.7 Å². The molecular weight excluding hydrogens is 257 g/mol. The highest BCUT2D eigenvalue weighted by Gasteiger charge is 2.10. The smallest absolute Gasteiger partial charge is 0.340 e. The standard InChI is InChI=1S/C7H8INO2/c1-11-7(10)5-4-8-3-2-6(5)9/h2-4H,9H2,1H3. The zero-order valence-electron chi connectivity index (χ0n) is 6.00. The topological polar surface area (TPSA) is 52.3 Å².